The number of hydrogen-bond acceptors (Lipinski definition) is 4. The number of carbonyl (C=O) groups is 1. The van der Waals surface area contributed by atoms with Gasteiger partial charge in [-0.3, -0.25) is 9.78 Å². The molecule has 8 heteroatoms. The van der Waals surface area contributed by atoms with Crippen molar-refractivity contribution in [1.82, 2.24) is 9.97 Å². The van der Waals surface area contributed by atoms with Crippen LogP contribution in [0.4, 0.5) is 18.9 Å². The van der Waals surface area contributed by atoms with Crippen molar-refractivity contribution in [3.8, 4) is 0 Å². The van der Waals surface area contributed by atoms with E-state index in [-0.39, 0.29) is 5.56 Å². The lowest BCUT2D eigenvalue weighted by molar-refractivity contribution is -0.141. The maximum absolute atomic E-state index is 12.4. The van der Waals surface area contributed by atoms with E-state index in [1.807, 2.05) is 13.0 Å². The summed E-state index contributed by atoms with van der Waals surface area (Å²) in [7, 11) is 0. The Hall–Kier alpha value is -2.48. The molecule has 118 valence electrons. The number of benzene rings is 1. The van der Waals surface area contributed by atoms with Gasteiger partial charge in [0.25, 0.3) is 5.91 Å². The molecule has 0 bridgehead atoms. The first-order valence-electron chi connectivity index (χ1n) is 6.55. The predicted molar refractivity (Wildman–Crippen MR) is 81.5 cm³/mol. The zero-order valence-electron chi connectivity index (χ0n) is 11.8. The molecule has 2 heterocycles. The maximum atomic E-state index is 12.4. The van der Waals surface area contributed by atoms with Crippen molar-refractivity contribution in [2.45, 2.75) is 13.1 Å². The molecule has 1 aromatic carbocycles. The van der Waals surface area contributed by atoms with Crippen LogP contribution in [0, 0.1) is 6.92 Å². The Kier molecular flexibility index (Phi) is 3.77. The standard InChI is InChI=1S/C15H10F3N3OS/c1-8-20-11-6-10(3-4-12(11)23-8)21-14(22)9-2-5-13(19-7-9)15(16,17)18/h2-7H,1H3,(H,21,22). The van der Waals surface area contributed by atoms with Gasteiger partial charge in [-0.1, -0.05) is 0 Å². The molecule has 4 nitrogen and oxygen atoms in total. The van der Waals surface area contributed by atoms with Crippen molar-refractivity contribution in [2.75, 3.05) is 5.32 Å². The van der Waals surface area contributed by atoms with Crippen molar-refractivity contribution in [3.05, 3.63) is 52.8 Å². The lowest BCUT2D eigenvalue weighted by atomic mass is 10.2. The van der Waals surface area contributed by atoms with Gasteiger partial charge < -0.3 is 5.32 Å². The maximum Gasteiger partial charge on any atom is 0.433 e. The summed E-state index contributed by atoms with van der Waals surface area (Å²) in [5.74, 6) is -0.530. The van der Waals surface area contributed by atoms with Gasteiger partial charge in [-0.05, 0) is 37.3 Å². The normalized spacial score (nSPS) is 11.7. The quantitative estimate of drug-likeness (QED) is 0.760. The number of halogens is 3. The number of anilines is 1. The molecule has 0 aliphatic heterocycles. The molecule has 0 atom stereocenters. The number of carbonyl (C=O) groups excluding carboxylic acids is 1. The van der Waals surface area contributed by atoms with Crippen molar-refractivity contribution in [3.63, 3.8) is 0 Å². The SMILES string of the molecule is Cc1nc2cc(NC(=O)c3ccc(C(F)(F)F)nc3)ccc2s1. The van der Waals surface area contributed by atoms with Crippen LogP contribution in [0.2, 0.25) is 0 Å². The summed E-state index contributed by atoms with van der Waals surface area (Å²) >= 11 is 1.54. The largest absolute Gasteiger partial charge is 0.433 e. The Labute approximate surface area is 133 Å². The van der Waals surface area contributed by atoms with Crippen molar-refractivity contribution in [2.24, 2.45) is 0 Å². The number of aryl methyl sites for hydroxylation is 1. The molecule has 1 amide bonds. The predicted octanol–water partition coefficient (Wildman–Crippen LogP) is 4.27. The van der Waals surface area contributed by atoms with Gasteiger partial charge in [0.2, 0.25) is 0 Å². The minimum absolute atomic E-state index is 0.0487. The van der Waals surface area contributed by atoms with Gasteiger partial charge in [-0.25, -0.2) is 4.98 Å². The Balaban J connectivity index is 1.79. The minimum atomic E-state index is -4.53. The van der Waals surface area contributed by atoms with Crippen LogP contribution in [0.15, 0.2) is 36.5 Å². The van der Waals surface area contributed by atoms with Crippen LogP contribution in [-0.4, -0.2) is 15.9 Å². The van der Waals surface area contributed by atoms with Crippen LogP contribution >= 0.6 is 11.3 Å². The van der Waals surface area contributed by atoms with E-state index in [0.717, 1.165) is 33.6 Å². The molecule has 1 N–H and O–H groups in total. The van der Waals surface area contributed by atoms with Gasteiger partial charge in [0, 0.05) is 11.9 Å². The molecular formula is C15H10F3N3OS. The zero-order valence-corrected chi connectivity index (χ0v) is 12.6. The minimum Gasteiger partial charge on any atom is -0.322 e. The van der Waals surface area contributed by atoms with Gasteiger partial charge in [0.1, 0.15) is 5.69 Å². The average molecular weight is 337 g/mol. The van der Waals surface area contributed by atoms with Gasteiger partial charge in [-0.2, -0.15) is 13.2 Å². The molecule has 0 spiro atoms. The Morgan fingerprint density at radius 1 is 1.22 bits per heavy atom. The van der Waals surface area contributed by atoms with Crippen LogP contribution < -0.4 is 5.32 Å². The smallest absolute Gasteiger partial charge is 0.322 e. The number of nitrogens with zero attached hydrogens (tertiary/aromatic N) is 2. The van der Waals surface area contributed by atoms with E-state index in [2.05, 4.69) is 15.3 Å². The number of amides is 1. The number of nitrogens with one attached hydrogen (secondary N) is 1. The molecule has 2 aromatic heterocycles. The molecular weight excluding hydrogens is 327 g/mol. The first kappa shape index (κ1) is 15.4. The molecule has 0 aliphatic rings. The summed E-state index contributed by atoms with van der Waals surface area (Å²) in [5, 5.41) is 3.53. The second-order valence-electron chi connectivity index (χ2n) is 4.80. The fraction of sp³-hybridized carbons (Fsp3) is 0.133. The Morgan fingerprint density at radius 2 is 2.00 bits per heavy atom. The third-order valence-corrected chi connectivity index (χ3v) is 4.02. The topological polar surface area (TPSA) is 54.9 Å². The first-order valence-corrected chi connectivity index (χ1v) is 7.36. The van der Waals surface area contributed by atoms with Crippen LogP contribution in [0.1, 0.15) is 21.1 Å². The summed E-state index contributed by atoms with van der Waals surface area (Å²) in [6.45, 7) is 1.89. The van der Waals surface area contributed by atoms with Crippen LogP contribution in [0.25, 0.3) is 10.2 Å². The number of thiazole rings is 1. The van der Waals surface area contributed by atoms with Crippen molar-refractivity contribution >= 4 is 33.1 Å². The molecule has 0 aliphatic carbocycles. The number of rotatable bonds is 2. The number of aromatic nitrogens is 2. The van der Waals surface area contributed by atoms with Crippen LogP contribution in [-0.2, 0) is 6.18 Å². The molecule has 3 aromatic rings. The molecule has 0 radical (unpaired) electrons. The lowest BCUT2D eigenvalue weighted by Crippen LogP contribution is -2.14. The summed E-state index contributed by atoms with van der Waals surface area (Å²) in [5.41, 5.74) is 0.296. The van der Waals surface area contributed by atoms with E-state index in [0.29, 0.717) is 5.69 Å². The highest BCUT2D eigenvalue weighted by molar-refractivity contribution is 7.18. The third-order valence-electron chi connectivity index (χ3n) is 3.07. The van der Waals surface area contributed by atoms with Gasteiger partial charge in [-0.15, -0.1) is 11.3 Å². The van der Waals surface area contributed by atoms with Crippen LogP contribution in [0.3, 0.4) is 0 Å². The number of hydrogen-bond donors (Lipinski definition) is 1. The average Bonchev–Trinajstić information content (AvgIpc) is 2.86. The van der Waals surface area contributed by atoms with Crippen LogP contribution in [0.5, 0.6) is 0 Å². The summed E-state index contributed by atoms with van der Waals surface area (Å²) in [6.07, 6.45) is -3.62. The van der Waals surface area contributed by atoms with E-state index in [1.165, 1.54) is 11.3 Å². The van der Waals surface area contributed by atoms with E-state index in [9.17, 15) is 18.0 Å². The van der Waals surface area contributed by atoms with Gasteiger partial charge in [0.05, 0.1) is 20.8 Å². The summed E-state index contributed by atoms with van der Waals surface area (Å²) in [6, 6.07) is 7.14. The van der Waals surface area contributed by atoms with E-state index >= 15 is 0 Å². The summed E-state index contributed by atoms with van der Waals surface area (Å²) < 4.78 is 38.3. The molecule has 0 unspecified atom stereocenters. The molecule has 0 saturated carbocycles. The molecule has 23 heavy (non-hydrogen) atoms. The van der Waals surface area contributed by atoms with E-state index in [1.54, 1.807) is 12.1 Å². The van der Waals surface area contributed by atoms with E-state index in [4.69, 9.17) is 0 Å². The molecule has 0 saturated heterocycles. The molecule has 0 fully saturated rings. The summed E-state index contributed by atoms with van der Waals surface area (Å²) in [4.78, 5) is 19.7. The highest BCUT2D eigenvalue weighted by Crippen LogP contribution is 2.27. The Morgan fingerprint density at radius 3 is 2.65 bits per heavy atom. The fourth-order valence-electron chi connectivity index (χ4n) is 2.02. The fourth-order valence-corrected chi connectivity index (χ4v) is 2.83. The highest BCUT2D eigenvalue weighted by atomic mass is 32.1. The van der Waals surface area contributed by atoms with Crippen molar-refractivity contribution < 1.29 is 18.0 Å². The number of pyridine rings is 1. The second-order valence-corrected chi connectivity index (χ2v) is 6.03. The van der Waals surface area contributed by atoms with Gasteiger partial charge in [0.15, 0.2) is 0 Å². The first-order chi connectivity index (χ1) is 10.8. The third kappa shape index (κ3) is 3.31. The number of fused-ring (bicyclic) bond motifs is 1. The lowest BCUT2D eigenvalue weighted by Gasteiger charge is -2.07. The zero-order chi connectivity index (χ0) is 16.6. The molecule has 3 rings (SSSR count). The van der Waals surface area contributed by atoms with Gasteiger partial charge >= 0.3 is 6.18 Å². The van der Waals surface area contributed by atoms with E-state index < -0.39 is 17.8 Å². The Bertz CT molecular complexity index is 872. The number of alkyl halides is 3. The second kappa shape index (κ2) is 5.62. The van der Waals surface area contributed by atoms with Crippen molar-refractivity contribution in [1.29, 1.82) is 0 Å². The highest BCUT2D eigenvalue weighted by Gasteiger charge is 2.32. The monoisotopic (exact) mass is 337 g/mol.